The number of pyridine rings is 2. The molecule has 0 saturated heterocycles. The van der Waals surface area contributed by atoms with E-state index in [0.717, 1.165) is 13.0 Å². The first-order valence-corrected chi connectivity index (χ1v) is 9.63. The molecular weight excluding hydrogens is 392 g/mol. The summed E-state index contributed by atoms with van der Waals surface area (Å²) in [5.74, 6) is 0.690. The Balaban J connectivity index is 1.86. The third kappa shape index (κ3) is 4.86. The summed E-state index contributed by atoms with van der Waals surface area (Å²) >= 11 is 6.16. The van der Waals surface area contributed by atoms with E-state index in [1.807, 2.05) is 27.9 Å². The predicted octanol–water partition coefficient (Wildman–Crippen LogP) is 4.01. The molecule has 0 fully saturated rings. The van der Waals surface area contributed by atoms with Crippen LogP contribution in [0, 0.1) is 0 Å². The molecular formula is C21H25ClN4O3. The van der Waals surface area contributed by atoms with Crippen LogP contribution in [0.2, 0.25) is 5.02 Å². The maximum Gasteiger partial charge on any atom is 0.253 e. The van der Waals surface area contributed by atoms with Gasteiger partial charge in [-0.1, -0.05) is 11.6 Å². The highest BCUT2D eigenvalue weighted by Crippen LogP contribution is 2.34. The van der Waals surface area contributed by atoms with E-state index in [9.17, 15) is 4.79 Å². The van der Waals surface area contributed by atoms with E-state index < -0.39 is 0 Å². The summed E-state index contributed by atoms with van der Waals surface area (Å²) in [7, 11) is 5.54. The minimum absolute atomic E-state index is 0.208. The third-order valence-corrected chi connectivity index (χ3v) is 4.87. The van der Waals surface area contributed by atoms with Crippen molar-refractivity contribution in [2.75, 3.05) is 27.7 Å². The second kappa shape index (κ2) is 8.39. The molecule has 0 aliphatic heterocycles. The monoisotopic (exact) mass is 416 g/mol. The zero-order chi connectivity index (χ0) is 21.2. The molecule has 0 aliphatic rings. The number of aromatic nitrogens is 2. The lowest BCUT2D eigenvalue weighted by Gasteiger charge is -2.27. The number of amides is 1. The molecule has 0 aliphatic carbocycles. The average Bonchev–Trinajstić information content (AvgIpc) is 3.11. The summed E-state index contributed by atoms with van der Waals surface area (Å²) in [5, 5.41) is 3.52. The van der Waals surface area contributed by atoms with Crippen molar-refractivity contribution >= 4 is 28.6 Å². The topological polar surface area (TPSA) is 80.5 Å². The third-order valence-electron chi connectivity index (χ3n) is 4.57. The normalized spacial score (nSPS) is 11.8. The van der Waals surface area contributed by atoms with Crippen LogP contribution in [0.4, 0.5) is 0 Å². The Kier molecular flexibility index (Phi) is 6.10. The number of halogens is 1. The molecule has 8 heteroatoms. The van der Waals surface area contributed by atoms with Gasteiger partial charge in [-0.05, 0) is 53.0 Å². The Hall–Kier alpha value is -2.64. The molecule has 0 unspecified atom stereocenters. The first-order valence-electron chi connectivity index (χ1n) is 9.26. The van der Waals surface area contributed by atoms with E-state index in [0.29, 0.717) is 38.9 Å². The second-order valence-corrected chi connectivity index (χ2v) is 8.19. The maximum atomic E-state index is 12.7. The Bertz CT molecular complexity index is 1030. The quantitative estimate of drug-likeness (QED) is 0.626. The fourth-order valence-electron chi connectivity index (χ4n) is 2.88. The van der Waals surface area contributed by atoms with Crippen molar-refractivity contribution in [2.45, 2.75) is 25.8 Å². The number of carbonyl (C=O) groups is 1. The highest BCUT2D eigenvalue weighted by Gasteiger charge is 2.23. The van der Waals surface area contributed by atoms with Crippen molar-refractivity contribution < 1.29 is 13.9 Å². The average molecular weight is 417 g/mol. The van der Waals surface area contributed by atoms with E-state index in [2.05, 4.69) is 20.2 Å². The van der Waals surface area contributed by atoms with Gasteiger partial charge in [0.05, 0.1) is 17.7 Å². The molecule has 3 aromatic rings. The van der Waals surface area contributed by atoms with E-state index in [1.54, 1.807) is 24.4 Å². The van der Waals surface area contributed by atoms with Gasteiger partial charge in [0.2, 0.25) is 0 Å². The molecule has 0 aromatic carbocycles. The predicted molar refractivity (Wildman–Crippen MR) is 114 cm³/mol. The zero-order valence-corrected chi connectivity index (χ0v) is 18.0. The summed E-state index contributed by atoms with van der Waals surface area (Å²) < 4.78 is 11.3. The molecule has 29 heavy (non-hydrogen) atoms. The van der Waals surface area contributed by atoms with Crippen LogP contribution in [0.25, 0.3) is 22.6 Å². The number of methoxy groups -OCH3 is 1. The molecule has 3 rings (SSSR count). The number of furan rings is 1. The van der Waals surface area contributed by atoms with E-state index in [1.165, 1.54) is 13.3 Å². The summed E-state index contributed by atoms with van der Waals surface area (Å²) in [4.78, 5) is 23.5. The zero-order valence-electron chi connectivity index (χ0n) is 17.2. The van der Waals surface area contributed by atoms with Gasteiger partial charge < -0.3 is 19.4 Å². The van der Waals surface area contributed by atoms with Crippen molar-refractivity contribution in [1.82, 2.24) is 20.2 Å². The van der Waals surface area contributed by atoms with Gasteiger partial charge in [-0.3, -0.25) is 9.78 Å². The van der Waals surface area contributed by atoms with E-state index in [4.69, 9.17) is 20.8 Å². The molecule has 0 bridgehead atoms. The van der Waals surface area contributed by atoms with Crippen molar-refractivity contribution in [3.05, 3.63) is 41.2 Å². The van der Waals surface area contributed by atoms with Crippen LogP contribution >= 0.6 is 11.6 Å². The maximum absolute atomic E-state index is 12.7. The van der Waals surface area contributed by atoms with Gasteiger partial charge in [-0.25, -0.2) is 4.98 Å². The highest BCUT2D eigenvalue weighted by atomic mass is 35.5. The lowest BCUT2D eigenvalue weighted by atomic mass is 9.99. The minimum Gasteiger partial charge on any atom is -0.494 e. The Labute approximate surface area is 175 Å². The number of ether oxygens (including phenoxy) is 1. The molecule has 1 N–H and O–H groups in total. The van der Waals surface area contributed by atoms with Crippen LogP contribution in [-0.4, -0.2) is 54.1 Å². The van der Waals surface area contributed by atoms with Crippen LogP contribution in [-0.2, 0) is 0 Å². The van der Waals surface area contributed by atoms with Gasteiger partial charge >= 0.3 is 0 Å². The lowest BCUT2D eigenvalue weighted by molar-refractivity contribution is 0.0905. The van der Waals surface area contributed by atoms with Gasteiger partial charge in [0.25, 0.3) is 5.91 Å². The van der Waals surface area contributed by atoms with Crippen LogP contribution in [0.3, 0.4) is 0 Å². The molecule has 154 valence electrons. The fraction of sp³-hybridized carbons (Fsp3) is 0.381. The minimum atomic E-state index is -0.353. The van der Waals surface area contributed by atoms with Crippen LogP contribution < -0.4 is 10.1 Å². The Morgan fingerprint density at radius 2 is 2.07 bits per heavy atom. The Morgan fingerprint density at radius 1 is 1.31 bits per heavy atom. The first kappa shape index (κ1) is 21.1. The summed E-state index contributed by atoms with van der Waals surface area (Å²) in [6, 6.07) is 5.06. The molecule has 0 radical (unpaired) electrons. The largest absolute Gasteiger partial charge is 0.494 e. The summed E-state index contributed by atoms with van der Waals surface area (Å²) in [6.07, 6.45) is 3.94. The number of nitrogens with one attached hydrogen (secondary N) is 1. The standard InChI is InChI=1S/C21H25ClN4O3/c1-21(2,7-9-26(3)4)25-20(27)13-10-16(28-5)18(24-12-13)17-11-15-19(29-17)14(22)6-8-23-15/h6,8,10-12H,7,9H2,1-5H3,(H,25,27). The Morgan fingerprint density at radius 3 is 2.72 bits per heavy atom. The van der Waals surface area contributed by atoms with Crippen molar-refractivity contribution in [3.63, 3.8) is 0 Å². The van der Waals surface area contributed by atoms with Crippen LogP contribution in [0.15, 0.2) is 35.0 Å². The van der Waals surface area contributed by atoms with Crippen molar-refractivity contribution in [1.29, 1.82) is 0 Å². The first-order chi connectivity index (χ1) is 13.7. The SMILES string of the molecule is COc1cc(C(=O)NC(C)(C)CCN(C)C)cnc1-c1cc2nccc(Cl)c2o1. The number of hydrogen-bond donors (Lipinski definition) is 1. The van der Waals surface area contributed by atoms with Crippen LogP contribution in [0.5, 0.6) is 5.75 Å². The van der Waals surface area contributed by atoms with Crippen molar-refractivity contribution in [3.8, 4) is 17.2 Å². The van der Waals surface area contributed by atoms with E-state index >= 15 is 0 Å². The molecule has 7 nitrogen and oxygen atoms in total. The fourth-order valence-corrected chi connectivity index (χ4v) is 3.07. The van der Waals surface area contributed by atoms with Gasteiger partial charge in [-0.2, -0.15) is 0 Å². The molecule has 1 amide bonds. The number of nitrogens with zero attached hydrogens (tertiary/aromatic N) is 3. The lowest BCUT2D eigenvalue weighted by Crippen LogP contribution is -2.45. The smallest absolute Gasteiger partial charge is 0.253 e. The number of carbonyl (C=O) groups excluding carboxylic acids is 1. The molecule has 3 aromatic heterocycles. The van der Waals surface area contributed by atoms with Gasteiger partial charge in [0, 0.05) is 24.0 Å². The highest BCUT2D eigenvalue weighted by molar-refractivity contribution is 6.34. The number of rotatable bonds is 7. The van der Waals surface area contributed by atoms with E-state index in [-0.39, 0.29) is 11.4 Å². The van der Waals surface area contributed by atoms with Gasteiger partial charge in [0.1, 0.15) is 17.0 Å². The van der Waals surface area contributed by atoms with Crippen molar-refractivity contribution in [2.24, 2.45) is 0 Å². The molecule has 0 saturated carbocycles. The molecule has 0 spiro atoms. The van der Waals surface area contributed by atoms with Gasteiger partial charge in [0.15, 0.2) is 11.3 Å². The molecule has 3 heterocycles. The molecule has 0 atom stereocenters. The summed E-state index contributed by atoms with van der Waals surface area (Å²) in [6.45, 7) is 4.87. The number of fused-ring (bicyclic) bond motifs is 1. The second-order valence-electron chi connectivity index (χ2n) is 7.78. The summed E-state index contributed by atoms with van der Waals surface area (Å²) in [5.41, 5.74) is 1.65. The van der Waals surface area contributed by atoms with Gasteiger partial charge in [-0.15, -0.1) is 0 Å². The number of hydrogen-bond acceptors (Lipinski definition) is 6. The van der Waals surface area contributed by atoms with Crippen LogP contribution in [0.1, 0.15) is 30.6 Å².